The molecule has 0 atom stereocenters. The highest BCUT2D eigenvalue weighted by Gasteiger charge is 2.16. The second kappa shape index (κ2) is 3.26. The molecule has 3 N–H and O–H groups in total. The number of carbonyl (C=O) groups is 1. The predicted octanol–water partition coefficient (Wildman–Crippen LogP) is 1.39. The molecule has 0 aliphatic carbocycles. The van der Waals surface area contributed by atoms with E-state index in [1.165, 1.54) is 0 Å². The lowest BCUT2D eigenvalue weighted by atomic mass is 10.1. The molecular formula is C7H10BrN3O. The summed E-state index contributed by atoms with van der Waals surface area (Å²) in [5.41, 5.74) is 6.23. The zero-order chi connectivity index (χ0) is 9.30. The van der Waals surface area contributed by atoms with Crippen LogP contribution in [0.3, 0.4) is 0 Å². The molecule has 0 spiro atoms. The van der Waals surface area contributed by atoms with E-state index in [0.29, 0.717) is 10.4 Å². The number of halogens is 1. The van der Waals surface area contributed by atoms with E-state index in [2.05, 4.69) is 26.1 Å². The smallest absolute Gasteiger partial charge is 0.270 e. The third-order valence-electron chi connectivity index (χ3n) is 1.54. The van der Waals surface area contributed by atoms with E-state index in [1.54, 1.807) is 0 Å². The molecule has 1 rings (SSSR count). The molecule has 1 amide bonds. The minimum atomic E-state index is -0.523. The predicted molar refractivity (Wildman–Crippen MR) is 48.9 cm³/mol. The van der Waals surface area contributed by atoms with Crippen molar-refractivity contribution in [1.29, 1.82) is 0 Å². The van der Waals surface area contributed by atoms with Crippen LogP contribution in [0.4, 0.5) is 0 Å². The van der Waals surface area contributed by atoms with Gasteiger partial charge in [0.1, 0.15) is 0 Å². The molecule has 0 aliphatic heterocycles. The van der Waals surface area contributed by atoms with Gasteiger partial charge < -0.3 is 5.73 Å². The van der Waals surface area contributed by atoms with Crippen molar-refractivity contribution in [2.24, 2.45) is 5.73 Å². The first-order valence-electron chi connectivity index (χ1n) is 3.57. The topological polar surface area (TPSA) is 71.8 Å². The van der Waals surface area contributed by atoms with E-state index in [9.17, 15) is 4.79 Å². The van der Waals surface area contributed by atoms with Gasteiger partial charge in [0.15, 0.2) is 5.69 Å². The van der Waals surface area contributed by atoms with E-state index < -0.39 is 5.91 Å². The van der Waals surface area contributed by atoms with Gasteiger partial charge >= 0.3 is 0 Å². The summed E-state index contributed by atoms with van der Waals surface area (Å²) in [6.45, 7) is 4.01. The molecule has 1 heterocycles. The Morgan fingerprint density at radius 2 is 2.25 bits per heavy atom. The zero-order valence-electron chi connectivity index (χ0n) is 6.89. The number of amides is 1. The maximum atomic E-state index is 10.8. The molecule has 1 aromatic heterocycles. The van der Waals surface area contributed by atoms with Crippen molar-refractivity contribution in [3.8, 4) is 0 Å². The molecule has 0 saturated carbocycles. The fourth-order valence-corrected chi connectivity index (χ4v) is 1.72. The van der Waals surface area contributed by atoms with Crippen molar-refractivity contribution in [3.63, 3.8) is 0 Å². The summed E-state index contributed by atoms with van der Waals surface area (Å²) in [6.07, 6.45) is 0. The number of aromatic nitrogens is 2. The van der Waals surface area contributed by atoms with Gasteiger partial charge in [0, 0.05) is 0 Å². The van der Waals surface area contributed by atoms with Gasteiger partial charge in [-0.3, -0.25) is 9.89 Å². The number of hydrogen-bond acceptors (Lipinski definition) is 2. The van der Waals surface area contributed by atoms with Crippen LogP contribution in [0, 0.1) is 0 Å². The Balaban J connectivity index is 3.13. The van der Waals surface area contributed by atoms with Crippen LogP contribution in [0.2, 0.25) is 0 Å². The van der Waals surface area contributed by atoms with Crippen LogP contribution in [0.25, 0.3) is 0 Å². The molecule has 0 aliphatic rings. The molecule has 0 aromatic carbocycles. The first kappa shape index (κ1) is 9.25. The van der Waals surface area contributed by atoms with E-state index in [4.69, 9.17) is 5.73 Å². The van der Waals surface area contributed by atoms with Crippen molar-refractivity contribution in [2.75, 3.05) is 0 Å². The Morgan fingerprint density at radius 1 is 1.67 bits per heavy atom. The lowest BCUT2D eigenvalue weighted by Gasteiger charge is -1.99. The second-order valence-corrected chi connectivity index (χ2v) is 3.61. The largest absolute Gasteiger partial charge is 0.364 e. The number of primary amides is 1. The highest BCUT2D eigenvalue weighted by Crippen LogP contribution is 2.24. The Hall–Kier alpha value is -0.840. The molecule has 0 saturated heterocycles. The fraction of sp³-hybridized carbons (Fsp3) is 0.429. The van der Waals surface area contributed by atoms with E-state index >= 15 is 0 Å². The summed E-state index contributed by atoms with van der Waals surface area (Å²) in [5, 5.41) is 6.55. The summed E-state index contributed by atoms with van der Waals surface area (Å²) >= 11 is 3.26. The fourth-order valence-electron chi connectivity index (χ4n) is 0.888. The maximum absolute atomic E-state index is 10.8. The second-order valence-electron chi connectivity index (χ2n) is 2.82. The van der Waals surface area contributed by atoms with Gasteiger partial charge in [-0.2, -0.15) is 5.10 Å². The number of hydrogen-bond donors (Lipinski definition) is 2. The number of aromatic amines is 1. The molecule has 1 aromatic rings. The van der Waals surface area contributed by atoms with Crippen LogP contribution in [-0.2, 0) is 0 Å². The van der Waals surface area contributed by atoms with Gasteiger partial charge in [-0.05, 0) is 21.8 Å². The molecule has 12 heavy (non-hydrogen) atoms. The van der Waals surface area contributed by atoms with Crippen molar-refractivity contribution >= 4 is 21.8 Å². The van der Waals surface area contributed by atoms with Gasteiger partial charge in [0.25, 0.3) is 5.91 Å². The van der Waals surface area contributed by atoms with E-state index in [-0.39, 0.29) is 5.69 Å². The van der Waals surface area contributed by atoms with Gasteiger partial charge in [0.2, 0.25) is 0 Å². The van der Waals surface area contributed by atoms with Gasteiger partial charge in [-0.1, -0.05) is 13.8 Å². The number of carbonyl (C=O) groups excluding carboxylic acids is 1. The average molecular weight is 232 g/mol. The highest BCUT2D eigenvalue weighted by molar-refractivity contribution is 9.10. The zero-order valence-corrected chi connectivity index (χ0v) is 8.47. The Kier molecular flexibility index (Phi) is 2.52. The first-order valence-corrected chi connectivity index (χ1v) is 4.37. The summed E-state index contributed by atoms with van der Waals surface area (Å²) in [4.78, 5) is 10.8. The average Bonchev–Trinajstić information content (AvgIpc) is 2.30. The van der Waals surface area contributed by atoms with Crippen LogP contribution < -0.4 is 5.73 Å². The number of H-pyrrole nitrogens is 1. The first-order chi connectivity index (χ1) is 5.54. The number of nitrogens with zero attached hydrogens (tertiary/aromatic N) is 1. The summed E-state index contributed by atoms with van der Waals surface area (Å²) in [6, 6.07) is 0. The molecule has 0 unspecified atom stereocenters. The van der Waals surface area contributed by atoms with Crippen molar-refractivity contribution < 1.29 is 4.79 Å². The standard InChI is InChI=1S/C7H10BrN3O/c1-3(2)5-4(8)6(7(9)12)11-10-5/h3H,1-2H3,(H2,9,12)(H,10,11). The third kappa shape index (κ3) is 1.50. The number of rotatable bonds is 2. The van der Waals surface area contributed by atoms with Crippen molar-refractivity contribution in [2.45, 2.75) is 19.8 Å². The van der Waals surface area contributed by atoms with Gasteiger partial charge in [0.05, 0.1) is 10.2 Å². The Morgan fingerprint density at radius 3 is 2.50 bits per heavy atom. The molecule has 0 bridgehead atoms. The van der Waals surface area contributed by atoms with Crippen molar-refractivity contribution in [3.05, 3.63) is 15.9 Å². The lowest BCUT2D eigenvalue weighted by molar-refractivity contribution is 0.0995. The van der Waals surface area contributed by atoms with Crippen LogP contribution in [0.1, 0.15) is 35.9 Å². The molecule has 5 heteroatoms. The summed E-state index contributed by atoms with van der Waals surface area (Å²) in [5.74, 6) is -0.231. The molecule has 0 radical (unpaired) electrons. The normalized spacial score (nSPS) is 10.7. The minimum absolute atomic E-state index is 0.263. The van der Waals surface area contributed by atoms with Gasteiger partial charge in [-0.25, -0.2) is 0 Å². The SMILES string of the molecule is CC(C)c1[nH]nc(C(N)=O)c1Br. The van der Waals surface area contributed by atoms with Gasteiger partial charge in [-0.15, -0.1) is 0 Å². The Labute approximate surface area is 78.7 Å². The quantitative estimate of drug-likeness (QED) is 0.808. The molecule has 0 fully saturated rings. The van der Waals surface area contributed by atoms with E-state index in [0.717, 1.165) is 5.69 Å². The van der Waals surface area contributed by atoms with Crippen LogP contribution in [0.15, 0.2) is 4.47 Å². The van der Waals surface area contributed by atoms with Crippen LogP contribution in [-0.4, -0.2) is 16.1 Å². The molecule has 66 valence electrons. The van der Waals surface area contributed by atoms with Crippen LogP contribution >= 0.6 is 15.9 Å². The molecular weight excluding hydrogens is 222 g/mol. The van der Waals surface area contributed by atoms with E-state index in [1.807, 2.05) is 13.8 Å². The lowest BCUT2D eigenvalue weighted by Crippen LogP contribution is -2.12. The highest BCUT2D eigenvalue weighted by atomic mass is 79.9. The summed E-state index contributed by atoms with van der Waals surface area (Å²) < 4.78 is 0.671. The molecule has 4 nitrogen and oxygen atoms in total. The third-order valence-corrected chi connectivity index (χ3v) is 2.35. The Bertz CT molecular complexity index is 306. The monoisotopic (exact) mass is 231 g/mol. The summed E-state index contributed by atoms with van der Waals surface area (Å²) in [7, 11) is 0. The van der Waals surface area contributed by atoms with Crippen molar-refractivity contribution in [1.82, 2.24) is 10.2 Å². The van der Waals surface area contributed by atoms with Crippen LogP contribution in [0.5, 0.6) is 0 Å². The maximum Gasteiger partial charge on any atom is 0.270 e. The minimum Gasteiger partial charge on any atom is -0.364 e. The number of nitrogens with two attached hydrogens (primary N) is 1. The number of nitrogens with one attached hydrogen (secondary N) is 1.